The maximum atomic E-state index is 10.9. The molecule has 0 radical (unpaired) electrons. The fourth-order valence-corrected chi connectivity index (χ4v) is 13.9. The minimum Gasteiger partial charge on any atom is -0.311 e. The number of allylic oxidation sites excluding steroid dienone is 8. The molecule has 6 aliphatic rings. The van der Waals surface area contributed by atoms with Gasteiger partial charge in [-0.25, -0.2) is 0 Å². The number of hydrogen-bond acceptors (Lipinski definition) is 3. The lowest BCUT2D eigenvalue weighted by atomic mass is 9.27. The summed E-state index contributed by atoms with van der Waals surface area (Å²) in [4.78, 5) is 2.59. The number of thiophene rings is 1. The highest BCUT2D eigenvalue weighted by atomic mass is 32.1. The molecule has 4 atom stereocenters. The minimum absolute atomic E-state index is 0.110. The van der Waals surface area contributed by atoms with E-state index in [1.54, 1.807) is 0 Å². The third-order valence-electron chi connectivity index (χ3n) is 15.0. The summed E-state index contributed by atoms with van der Waals surface area (Å²) in [6, 6.07) is 41.7. The number of anilines is 3. The molecular formula is C57H43BN2S. The molecule has 0 spiro atoms. The van der Waals surface area contributed by atoms with Crippen LogP contribution >= 0.6 is 11.3 Å². The van der Waals surface area contributed by atoms with Crippen molar-refractivity contribution in [1.82, 2.24) is 0 Å². The largest absolute Gasteiger partial charge is 0.311 e. The summed E-state index contributed by atoms with van der Waals surface area (Å²) in [5.41, 5.74) is 22.0. The van der Waals surface area contributed by atoms with E-state index in [-0.39, 0.29) is 12.5 Å². The van der Waals surface area contributed by atoms with Crippen LogP contribution in [0.5, 0.6) is 0 Å². The third-order valence-corrected chi connectivity index (χ3v) is 16.2. The van der Waals surface area contributed by atoms with Crippen LogP contribution in [0.25, 0.3) is 42.9 Å². The molecule has 61 heavy (non-hydrogen) atoms. The first-order valence-corrected chi connectivity index (χ1v) is 23.0. The number of hydrogen-bond donors (Lipinski definition) is 0. The van der Waals surface area contributed by atoms with E-state index in [9.17, 15) is 5.26 Å². The Morgan fingerprint density at radius 1 is 0.754 bits per heavy atom. The van der Waals surface area contributed by atoms with E-state index in [2.05, 4.69) is 177 Å². The Bertz CT molecular complexity index is 3260. The zero-order chi connectivity index (χ0) is 40.5. The van der Waals surface area contributed by atoms with Crippen LogP contribution in [0, 0.1) is 37.0 Å². The number of para-hydroxylation sites is 1. The Morgan fingerprint density at radius 2 is 1.61 bits per heavy atom. The van der Waals surface area contributed by atoms with Crippen molar-refractivity contribution in [3.8, 4) is 17.2 Å². The summed E-state index contributed by atoms with van der Waals surface area (Å²) in [6.45, 7) is 4.63. The van der Waals surface area contributed by atoms with Crippen LogP contribution < -0.4 is 15.8 Å². The first-order valence-electron chi connectivity index (χ1n) is 22.1. The van der Waals surface area contributed by atoms with E-state index in [1.165, 1.54) is 104 Å². The summed E-state index contributed by atoms with van der Waals surface area (Å²) in [5, 5.41) is 13.5. The monoisotopic (exact) mass is 798 g/mol. The SMILES string of the molecule is Cc1cccc(C)c1N1c2cc3c(cc2B2c4c(cc(C#N)cc41)-c1cc4c(sc5ccccc54)c4c1C2CC=C4)C(c1ccccc1)=C1C=CCCC1C3C1C=CC=CC1. The summed E-state index contributed by atoms with van der Waals surface area (Å²) < 4.78 is 2.70. The van der Waals surface area contributed by atoms with Crippen molar-refractivity contribution >= 4 is 77.9 Å². The van der Waals surface area contributed by atoms with E-state index in [1.807, 2.05) is 11.3 Å². The second kappa shape index (κ2) is 13.3. The molecule has 0 saturated heterocycles. The molecule has 2 nitrogen and oxygen atoms in total. The average Bonchev–Trinajstić information content (AvgIpc) is 3.68. The maximum Gasteiger partial charge on any atom is 0.223 e. The zero-order valence-corrected chi connectivity index (χ0v) is 35.3. The van der Waals surface area contributed by atoms with Crippen molar-refractivity contribution in [3.05, 3.63) is 196 Å². The standard InChI is InChI=1S/C57H43BN2S/c1-33-15-13-16-34(2)56(33)60-49-31-44-43(52(36-17-5-3-6-18-36)39-22-9-10-23-40(39)53(44)37-19-7-4-8-20-37)30-48(49)58-47-25-14-24-41-54(47)42(45-27-35(32-59)28-50(60)55(45)58)29-46-38-21-11-12-26-51(38)61-57(41)46/h3-9,11-19,21-22,24,26-31,37,40,47,53H,10,20,23,25H2,1-2H3. The Hall–Kier alpha value is -6.41. The second-order valence-corrected chi connectivity index (χ2v) is 19.2. The predicted octanol–water partition coefficient (Wildman–Crippen LogP) is 13.7. The Balaban J connectivity index is 1.17. The first-order chi connectivity index (χ1) is 30.1. The topological polar surface area (TPSA) is 27.0 Å². The number of aryl methyl sites for hydroxylation is 2. The molecule has 4 unspecified atom stereocenters. The van der Waals surface area contributed by atoms with Gasteiger partial charge in [-0.3, -0.25) is 0 Å². The third kappa shape index (κ3) is 4.96. The van der Waals surface area contributed by atoms with Crippen molar-refractivity contribution in [2.24, 2.45) is 11.8 Å². The van der Waals surface area contributed by atoms with Crippen molar-refractivity contribution in [3.63, 3.8) is 0 Å². The van der Waals surface area contributed by atoms with Gasteiger partial charge in [0.15, 0.2) is 0 Å². The number of rotatable bonds is 3. The molecule has 0 N–H and O–H groups in total. The van der Waals surface area contributed by atoms with Crippen LogP contribution in [-0.2, 0) is 0 Å². The fourth-order valence-electron chi connectivity index (χ4n) is 12.6. The van der Waals surface area contributed by atoms with Crippen LogP contribution in [0.2, 0.25) is 0 Å². The van der Waals surface area contributed by atoms with E-state index in [0.717, 1.165) is 31.4 Å². The summed E-state index contributed by atoms with van der Waals surface area (Å²) in [5.74, 6) is 1.42. The molecule has 1 aromatic heterocycles. The summed E-state index contributed by atoms with van der Waals surface area (Å²) >= 11 is 1.93. The Kier molecular flexibility index (Phi) is 7.71. The van der Waals surface area contributed by atoms with Gasteiger partial charge in [0.2, 0.25) is 6.71 Å². The highest BCUT2D eigenvalue weighted by Gasteiger charge is 2.49. The molecule has 13 rings (SSSR count). The molecule has 4 aliphatic carbocycles. The molecule has 290 valence electrons. The number of benzene rings is 6. The van der Waals surface area contributed by atoms with Crippen molar-refractivity contribution in [2.45, 2.75) is 51.3 Å². The van der Waals surface area contributed by atoms with Gasteiger partial charge in [-0.15, -0.1) is 11.3 Å². The second-order valence-electron chi connectivity index (χ2n) is 18.1. The normalized spacial score (nSPS) is 21.3. The van der Waals surface area contributed by atoms with Gasteiger partial charge < -0.3 is 4.90 Å². The van der Waals surface area contributed by atoms with Gasteiger partial charge in [0.1, 0.15) is 0 Å². The number of nitriles is 1. The van der Waals surface area contributed by atoms with E-state index in [4.69, 9.17) is 0 Å². The quantitative estimate of drug-likeness (QED) is 0.167. The van der Waals surface area contributed by atoms with Gasteiger partial charge in [-0.05, 0) is 166 Å². The van der Waals surface area contributed by atoms with E-state index in [0.29, 0.717) is 23.3 Å². The summed E-state index contributed by atoms with van der Waals surface area (Å²) in [6.07, 6.45) is 23.4. The first kappa shape index (κ1) is 35.4. The zero-order valence-electron chi connectivity index (χ0n) is 34.5. The van der Waals surface area contributed by atoms with E-state index >= 15 is 0 Å². The number of fused-ring (bicyclic) bond motifs is 10. The van der Waals surface area contributed by atoms with Gasteiger partial charge in [-0.1, -0.05) is 121 Å². The number of nitrogens with zero attached hydrogens (tertiary/aromatic N) is 2. The van der Waals surface area contributed by atoms with Gasteiger partial charge in [0.05, 0.1) is 17.3 Å². The molecule has 0 saturated carbocycles. The Morgan fingerprint density at radius 3 is 2.44 bits per heavy atom. The van der Waals surface area contributed by atoms with Crippen LogP contribution in [0.1, 0.15) is 81.9 Å². The molecule has 0 fully saturated rings. The van der Waals surface area contributed by atoms with Crippen molar-refractivity contribution in [2.75, 3.05) is 4.90 Å². The molecule has 2 aliphatic heterocycles. The molecule has 0 bridgehead atoms. The highest BCUT2D eigenvalue weighted by molar-refractivity contribution is 7.26. The molecule has 3 heterocycles. The van der Waals surface area contributed by atoms with Crippen LogP contribution in [0.4, 0.5) is 17.1 Å². The van der Waals surface area contributed by atoms with Crippen LogP contribution in [-0.4, -0.2) is 6.71 Å². The lowest BCUT2D eigenvalue weighted by Crippen LogP contribution is -2.57. The van der Waals surface area contributed by atoms with Crippen molar-refractivity contribution in [1.29, 1.82) is 5.26 Å². The summed E-state index contributed by atoms with van der Waals surface area (Å²) in [7, 11) is 0. The predicted molar refractivity (Wildman–Crippen MR) is 259 cm³/mol. The molecule has 6 aromatic carbocycles. The van der Waals surface area contributed by atoms with E-state index < -0.39 is 0 Å². The lowest BCUT2D eigenvalue weighted by molar-refractivity contribution is 0.367. The van der Waals surface area contributed by atoms with Crippen LogP contribution in [0.3, 0.4) is 0 Å². The lowest BCUT2D eigenvalue weighted by Gasteiger charge is -2.47. The van der Waals surface area contributed by atoms with Gasteiger partial charge in [-0.2, -0.15) is 5.26 Å². The van der Waals surface area contributed by atoms with Crippen LogP contribution in [0.15, 0.2) is 151 Å². The van der Waals surface area contributed by atoms with Gasteiger partial charge in [0, 0.05) is 31.5 Å². The van der Waals surface area contributed by atoms with Gasteiger partial charge in [0.25, 0.3) is 0 Å². The molecule has 7 aromatic rings. The smallest absolute Gasteiger partial charge is 0.223 e. The molecule has 0 amide bonds. The highest BCUT2D eigenvalue weighted by Crippen LogP contribution is 2.57. The fraction of sp³-hybridized carbons (Fsp3) is 0.175. The average molecular weight is 799 g/mol. The maximum absolute atomic E-state index is 10.9. The molecular weight excluding hydrogens is 756 g/mol. The Labute approximate surface area is 362 Å². The molecule has 4 heteroatoms. The van der Waals surface area contributed by atoms with Crippen molar-refractivity contribution < 1.29 is 0 Å². The minimum atomic E-state index is 0.110. The van der Waals surface area contributed by atoms with Gasteiger partial charge >= 0.3 is 0 Å².